The van der Waals surface area contributed by atoms with Crippen molar-refractivity contribution in [1.82, 2.24) is 30.2 Å². The zero-order chi connectivity index (χ0) is 17.6. The molecule has 1 atom stereocenters. The maximum absolute atomic E-state index is 11.9. The second kappa shape index (κ2) is 5.91. The summed E-state index contributed by atoms with van der Waals surface area (Å²) in [5.41, 5.74) is 2.28. The number of nitrogens with zero attached hydrogens (tertiary/aromatic N) is 5. The molecule has 1 N–H and O–H groups in total. The maximum Gasteiger partial charge on any atom is 0.161 e. The van der Waals surface area contributed by atoms with Gasteiger partial charge in [0.1, 0.15) is 11.0 Å². The first-order valence-electron chi connectivity index (χ1n) is 8.38. The molecule has 2 aromatic heterocycles. The number of sulfone groups is 1. The Balaban J connectivity index is 1.85. The van der Waals surface area contributed by atoms with Gasteiger partial charge in [0.2, 0.25) is 0 Å². The van der Waals surface area contributed by atoms with E-state index in [2.05, 4.69) is 34.4 Å². The van der Waals surface area contributed by atoms with E-state index in [1.54, 1.807) is 4.68 Å². The molecular weight excluding hydrogens is 340 g/mol. The quantitative estimate of drug-likeness (QED) is 0.760. The van der Waals surface area contributed by atoms with Crippen molar-refractivity contribution in [2.24, 2.45) is 5.92 Å². The van der Waals surface area contributed by atoms with Gasteiger partial charge in [-0.05, 0) is 24.5 Å². The summed E-state index contributed by atoms with van der Waals surface area (Å²) in [6.07, 6.45) is 1.31. The molecule has 9 heteroatoms. The Morgan fingerprint density at radius 2 is 2.16 bits per heavy atom. The topological polar surface area (TPSA) is 106 Å². The molecular formula is C16H20N6O2S. The SMILES string of the molecule is CC(C)Cc1nc(-c2cccc3n[nH]nc23)n(C2CCS(=O)(=O)C2)n1. The molecule has 1 saturated heterocycles. The van der Waals surface area contributed by atoms with Gasteiger partial charge in [-0.15, -0.1) is 0 Å². The van der Waals surface area contributed by atoms with Crippen LogP contribution in [0.25, 0.3) is 22.4 Å². The highest BCUT2D eigenvalue weighted by atomic mass is 32.2. The highest BCUT2D eigenvalue weighted by molar-refractivity contribution is 7.91. The Labute approximate surface area is 145 Å². The minimum atomic E-state index is -3.01. The average Bonchev–Trinajstić information content (AvgIpc) is 3.23. The van der Waals surface area contributed by atoms with Crippen LogP contribution in [0.5, 0.6) is 0 Å². The molecule has 3 heterocycles. The number of nitrogens with one attached hydrogen (secondary N) is 1. The van der Waals surface area contributed by atoms with E-state index in [0.29, 0.717) is 23.7 Å². The fraction of sp³-hybridized carbons (Fsp3) is 0.500. The molecule has 132 valence electrons. The second-order valence-corrected chi connectivity index (χ2v) is 9.18. The Hall–Kier alpha value is -2.29. The third kappa shape index (κ3) is 3.04. The number of para-hydroxylation sites is 1. The molecule has 0 bridgehead atoms. The monoisotopic (exact) mass is 360 g/mol. The van der Waals surface area contributed by atoms with Gasteiger partial charge in [0, 0.05) is 12.0 Å². The van der Waals surface area contributed by atoms with Crippen LogP contribution in [0, 0.1) is 5.92 Å². The molecule has 0 radical (unpaired) electrons. The van der Waals surface area contributed by atoms with Gasteiger partial charge in [-0.3, -0.25) is 0 Å². The van der Waals surface area contributed by atoms with Crippen molar-refractivity contribution in [2.45, 2.75) is 32.7 Å². The summed E-state index contributed by atoms with van der Waals surface area (Å²) in [5.74, 6) is 2.12. The van der Waals surface area contributed by atoms with Crippen molar-refractivity contribution in [3.05, 3.63) is 24.0 Å². The van der Waals surface area contributed by atoms with Gasteiger partial charge in [0.25, 0.3) is 0 Å². The van der Waals surface area contributed by atoms with E-state index in [0.717, 1.165) is 23.3 Å². The highest BCUT2D eigenvalue weighted by Crippen LogP contribution is 2.31. The first-order chi connectivity index (χ1) is 11.9. The third-order valence-corrected chi connectivity index (χ3v) is 6.16. The third-order valence-electron chi connectivity index (χ3n) is 4.41. The number of fused-ring (bicyclic) bond motifs is 1. The van der Waals surface area contributed by atoms with Gasteiger partial charge < -0.3 is 0 Å². The largest absolute Gasteiger partial charge is 0.241 e. The van der Waals surface area contributed by atoms with Gasteiger partial charge >= 0.3 is 0 Å². The lowest BCUT2D eigenvalue weighted by Gasteiger charge is -2.11. The number of H-pyrrole nitrogens is 1. The molecule has 1 aliphatic rings. The number of aromatic nitrogens is 6. The Bertz CT molecular complexity index is 1020. The van der Waals surface area contributed by atoms with Crippen molar-refractivity contribution in [3.8, 4) is 11.4 Å². The van der Waals surface area contributed by atoms with Gasteiger partial charge in [-0.25, -0.2) is 18.1 Å². The first-order valence-corrected chi connectivity index (χ1v) is 10.2. The van der Waals surface area contributed by atoms with Crippen molar-refractivity contribution in [1.29, 1.82) is 0 Å². The standard InChI is InChI=1S/C16H20N6O2S/c1-10(2)8-14-17-16(12-4-3-5-13-15(12)19-21-18-13)22(20-14)11-6-7-25(23,24)9-11/h3-5,10-11H,6-9H2,1-2H3,(H,18,19,21). The Kier molecular flexibility index (Phi) is 3.82. The van der Waals surface area contributed by atoms with E-state index in [-0.39, 0.29) is 17.5 Å². The van der Waals surface area contributed by atoms with E-state index < -0.39 is 9.84 Å². The molecule has 0 spiro atoms. The molecule has 8 nitrogen and oxygen atoms in total. The van der Waals surface area contributed by atoms with E-state index in [1.165, 1.54) is 0 Å². The van der Waals surface area contributed by atoms with Crippen LogP contribution in [0.3, 0.4) is 0 Å². The summed E-state index contributed by atoms with van der Waals surface area (Å²) in [7, 11) is -3.01. The predicted molar refractivity (Wildman–Crippen MR) is 93.8 cm³/mol. The molecule has 25 heavy (non-hydrogen) atoms. The minimum absolute atomic E-state index is 0.110. The molecule has 0 saturated carbocycles. The van der Waals surface area contributed by atoms with Crippen LogP contribution >= 0.6 is 0 Å². The van der Waals surface area contributed by atoms with E-state index in [1.807, 2.05) is 18.2 Å². The lowest BCUT2D eigenvalue weighted by atomic mass is 10.1. The Morgan fingerprint density at radius 3 is 2.88 bits per heavy atom. The summed E-state index contributed by atoms with van der Waals surface area (Å²) in [4.78, 5) is 4.72. The molecule has 0 aliphatic carbocycles. The van der Waals surface area contributed by atoms with E-state index in [4.69, 9.17) is 4.98 Å². The van der Waals surface area contributed by atoms with Crippen LogP contribution in [0.1, 0.15) is 32.1 Å². The van der Waals surface area contributed by atoms with Crippen molar-refractivity contribution >= 4 is 20.9 Å². The van der Waals surface area contributed by atoms with Crippen LogP contribution in [0.4, 0.5) is 0 Å². The summed E-state index contributed by atoms with van der Waals surface area (Å²) in [6.45, 7) is 4.22. The number of hydrogen-bond acceptors (Lipinski definition) is 6. The first kappa shape index (κ1) is 16.2. The molecule has 1 aromatic carbocycles. The van der Waals surface area contributed by atoms with Crippen LogP contribution in [-0.2, 0) is 16.3 Å². The van der Waals surface area contributed by atoms with Gasteiger partial charge in [-0.2, -0.15) is 20.5 Å². The molecule has 0 amide bonds. The van der Waals surface area contributed by atoms with Crippen molar-refractivity contribution in [3.63, 3.8) is 0 Å². The molecule has 4 rings (SSSR count). The smallest absolute Gasteiger partial charge is 0.161 e. The second-order valence-electron chi connectivity index (χ2n) is 6.95. The fourth-order valence-electron chi connectivity index (χ4n) is 3.27. The van der Waals surface area contributed by atoms with Crippen LogP contribution in [0.15, 0.2) is 18.2 Å². The van der Waals surface area contributed by atoms with Crippen molar-refractivity contribution in [2.75, 3.05) is 11.5 Å². The van der Waals surface area contributed by atoms with Gasteiger partial charge in [0.05, 0.1) is 17.5 Å². The Morgan fingerprint density at radius 1 is 1.32 bits per heavy atom. The number of benzene rings is 1. The number of hydrogen-bond donors (Lipinski definition) is 1. The highest BCUT2D eigenvalue weighted by Gasteiger charge is 2.32. The maximum atomic E-state index is 11.9. The minimum Gasteiger partial charge on any atom is -0.241 e. The molecule has 1 aliphatic heterocycles. The van der Waals surface area contributed by atoms with Crippen LogP contribution in [-0.4, -0.2) is 50.1 Å². The van der Waals surface area contributed by atoms with E-state index in [9.17, 15) is 8.42 Å². The van der Waals surface area contributed by atoms with E-state index >= 15 is 0 Å². The molecule has 1 unspecified atom stereocenters. The summed E-state index contributed by atoms with van der Waals surface area (Å²) < 4.78 is 25.6. The fourth-order valence-corrected chi connectivity index (χ4v) is 4.97. The summed E-state index contributed by atoms with van der Waals surface area (Å²) in [5, 5.41) is 15.6. The summed E-state index contributed by atoms with van der Waals surface area (Å²) >= 11 is 0. The average molecular weight is 360 g/mol. The summed E-state index contributed by atoms with van der Waals surface area (Å²) in [6, 6.07) is 5.51. The van der Waals surface area contributed by atoms with Crippen molar-refractivity contribution < 1.29 is 8.42 Å². The predicted octanol–water partition coefficient (Wildman–Crippen LogP) is 1.77. The molecule has 3 aromatic rings. The lowest BCUT2D eigenvalue weighted by Crippen LogP contribution is -2.14. The van der Waals surface area contributed by atoms with Gasteiger partial charge in [-0.1, -0.05) is 19.9 Å². The zero-order valence-electron chi connectivity index (χ0n) is 14.2. The normalized spacial score (nSPS) is 19.9. The number of aromatic amines is 1. The zero-order valence-corrected chi connectivity index (χ0v) is 15.0. The number of rotatable bonds is 4. The van der Waals surface area contributed by atoms with Crippen LogP contribution < -0.4 is 0 Å². The molecule has 1 fully saturated rings. The van der Waals surface area contributed by atoms with Gasteiger partial charge in [0.15, 0.2) is 21.5 Å². The van der Waals surface area contributed by atoms with Crippen LogP contribution in [0.2, 0.25) is 0 Å². The lowest BCUT2D eigenvalue weighted by molar-refractivity contribution is 0.495.